The van der Waals surface area contributed by atoms with Crippen LogP contribution in [0.3, 0.4) is 0 Å². The van der Waals surface area contributed by atoms with Crippen molar-refractivity contribution in [3.8, 4) is 0 Å². The summed E-state index contributed by atoms with van der Waals surface area (Å²) in [6.45, 7) is 3.66. The minimum absolute atomic E-state index is 0. The van der Waals surface area contributed by atoms with Crippen molar-refractivity contribution >= 4 is 10.8 Å². The molecule has 0 radical (unpaired) electrons. The van der Waals surface area contributed by atoms with Gasteiger partial charge in [0.05, 0.1) is 0 Å². The fraction of sp³-hybridized carbons (Fsp3) is 0.100. The quantitative estimate of drug-likeness (QED) is 0.317. The van der Waals surface area contributed by atoms with Gasteiger partial charge in [-0.15, -0.1) is 36.2 Å². The summed E-state index contributed by atoms with van der Waals surface area (Å²) in [5.74, 6) is 0. The fourth-order valence-electron chi connectivity index (χ4n) is 1.92. The van der Waals surface area contributed by atoms with Crippen LogP contribution < -0.4 is 0 Å². The first-order valence-electron chi connectivity index (χ1n) is 6.32. The number of allylic oxidation sites excluding steroid dienone is 1. The van der Waals surface area contributed by atoms with Crippen LogP contribution in [0.1, 0.15) is 12.0 Å². The average molecular weight is 312 g/mol. The van der Waals surface area contributed by atoms with Crippen molar-refractivity contribution in [3.63, 3.8) is 0 Å². The van der Waals surface area contributed by atoms with Crippen molar-refractivity contribution in [2.75, 3.05) is 0 Å². The summed E-state index contributed by atoms with van der Waals surface area (Å²) < 4.78 is 0. The van der Waals surface area contributed by atoms with E-state index in [2.05, 4.69) is 73.3 Å². The second-order valence-corrected chi connectivity index (χ2v) is 4.28. The maximum Gasteiger partial charge on any atom is 4.00 e. The molecule has 0 aliphatic carbocycles. The predicted octanol–water partition coefficient (Wildman–Crippen LogP) is 5.98. The van der Waals surface area contributed by atoms with Gasteiger partial charge in [0.25, 0.3) is 0 Å². The Morgan fingerprint density at radius 3 is 2.29 bits per heavy atom. The molecule has 0 heterocycles. The molecule has 0 bridgehead atoms. The van der Waals surface area contributed by atoms with E-state index in [9.17, 15) is 0 Å². The van der Waals surface area contributed by atoms with Gasteiger partial charge in [0, 0.05) is 0 Å². The van der Waals surface area contributed by atoms with Crippen LogP contribution in [0.5, 0.6) is 0 Å². The van der Waals surface area contributed by atoms with E-state index in [1.807, 2.05) is 6.08 Å². The Morgan fingerprint density at radius 2 is 1.67 bits per heavy atom. The van der Waals surface area contributed by atoms with Crippen molar-refractivity contribution in [2.24, 2.45) is 0 Å². The predicted molar refractivity (Wildman–Crippen MR) is 92.9 cm³/mol. The molecule has 21 heavy (non-hydrogen) atoms. The summed E-state index contributed by atoms with van der Waals surface area (Å²) in [5.41, 5.74) is 1.41. The number of hydrogen-bond donors (Lipinski definition) is 0. The van der Waals surface area contributed by atoms with E-state index >= 15 is 0 Å². The van der Waals surface area contributed by atoms with Crippen LogP contribution in [0, 0.1) is 14.9 Å². The van der Waals surface area contributed by atoms with Crippen LogP contribution in [-0.2, 0) is 28.1 Å². The molecule has 0 spiro atoms. The van der Waals surface area contributed by atoms with Crippen LogP contribution in [0.2, 0.25) is 0 Å². The molecule has 108 valence electrons. The summed E-state index contributed by atoms with van der Waals surface area (Å²) in [4.78, 5) is 0. The summed E-state index contributed by atoms with van der Waals surface area (Å²) >= 11 is 0. The second-order valence-electron chi connectivity index (χ2n) is 4.28. The molecular weight excluding hydrogens is 288 g/mol. The Balaban J connectivity index is 0. The Morgan fingerprint density at radius 1 is 0.905 bits per heavy atom. The number of hydrogen-bond acceptors (Lipinski definition) is 0. The van der Waals surface area contributed by atoms with Gasteiger partial charge in [-0.25, -0.2) is 12.1 Å². The molecule has 3 aromatic carbocycles. The van der Waals surface area contributed by atoms with Gasteiger partial charge in [0.2, 0.25) is 0 Å². The first-order chi connectivity index (χ1) is 8.90. The van der Waals surface area contributed by atoms with Crippen LogP contribution in [0.15, 0.2) is 79.4 Å². The zero-order chi connectivity index (χ0) is 12.6. The van der Waals surface area contributed by atoms with E-state index < -0.39 is 0 Å². The molecule has 0 saturated heterocycles. The van der Waals surface area contributed by atoms with E-state index in [4.69, 9.17) is 0 Å². The molecule has 0 N–H and O–H groups in total. The second kappa shape index (κ2) is 12.4. The third-order valence-electron chi connectivity index (χ3n) is 2.92. The standard InChI is InChI=1S/C9H7.C9H11.2CH3.Ti/c1-2-5-9-7-3-6-8(9)4-1;1-2-3-6-9-7-4-5-8-9;;;/h1-7H;2,4-5,7-8H,1,3,6H2;2*1H3;/q4*-1;+4. The van der Waals surface area contributed by atoms with E-state index in [0.29, 0.717) is 0 Å². The third-order valence-corrected chi connectivity index (χ3v) is 2.92. The molecule has 0 aliphatic heterocycles. The minimum Gasteiger partial charge on any atom is -0.358 e. The van der Waals surface area contributed by atoms with Gasteiger partial charge in [-0.2, -0.15) is 35.2 Å². The molecule has 0 unspecified atom stereocenters. The smallest absolute Gasteiger partial charge is 0.358 e. The van der Waals surface area contributed by atoms with E-state index in [0.717, 1.165) is 12.8 Å². The van der Waals surface area contributed by atoms with Gasteiger partial charge in [-0.3, -0.25) is 0 Å². The number of aryl methyl sites for hydroxylation is 1. The van der Waals surface area contributed by atoms with Crippen LogP contribution in [-0.4, -0.2) is 0 Å². The normalized spacial score (nSPS) is 8.38. The van der Waals surface area contributed by atoms with Crippen molar-refractivity contribution in [1.82, 2.24) is 0 Å². The van der Waals surface area contributed by atoms with Crippen molar-refractivity contribution in [2.45, 2.75) is 12.8 Å². The molecule has 3 aromatic rings. The maximum atomic E-state index is 3.66. The first-order valence-corrected chi connectivity index (χ1v) is 6.32. The van der Waals surface area contributed by atoms with E-state index in [1.165, 1.54) is 16.3 Å². The molecular formula is C20H24Ti. The topological polar surface area (TPSA) is 0 Å². The van der Waals surface area contributed by atoms with Crippen molar-refractivity contribution < 1.29 is 21.7 Å². The maximum absolute atomic E-state index is 3.66. The molecule has 0 nitrogen and oxygen atoms in total. The number of fused-ring (bicyclic) bond motifs is 1. The summed E-state index contributed by atoms with van der Waals surface area (Å²) in [6.07, 6.45) is 4.17. The molecule has 0 amide bonds. The van der Waals surface area contributed by atoms with Gasteiger partial charge < -0.3 is 14.9 Å². The third kappa shape index (κ3) is 7.27. The van der Waals surface area contributed by atoms with E-state index in [1.54, 1.807) is 0 Å². The van der Waals surface area contributed by atoms with Gasteiger partial charge in [-0.05, 0) is 12.8 Å². The van der Waals surface area contributed by atoms with Gasteiger partial charge in [0.1, 0.15) is 0 Å². The van der Waals surface area contributed by atoms with Gasteiger partial charge in [0.15, 0.2) is 0 Å². The summed E-state index contributed by atoms with van der Waals surface area (Å²) in [7, 11) is 0. The van der Waals surface area contributed by atoms with Crippen LogP contribution in [0.4, 0.5) is 0 Å². The monoisotopic (exact) mass is 312 g/mol. The van der Waals surface area contributed by atoms with Gasteiger partial charge in [-0.1, -0.05) is 12.1 Å². The average Bonchev–Trinajstić information content (AvgIpc) is 3.08. The molecule has 0 fully saturated rings. The molecule has 3 rings (SSSR count). The summed E-state index contributed by atoms with van der Waals surface area (Å²) in [5, 5.41) is 2.66. The van der Waals surface area contributed by atoms with Crippen molar-refractivity contribution in [3.05, 3.63) is 99.8 Å². The SMILES string of the molecule is C=CCCc1ccc[cH-]1.[CH3-].[CH3-].[Ti+4].c1ccc2[cH-]ccc2c1. The minimum atomic E-state index is 0. The number of benzene rings is 1. The Kier molecular flexibility index (Phi) is 12.9. The Labute approximate surface area is 145 Å². The Bertz CT molecular complexity index is 542. The zero-order valence-corrected chi connectivity index (χ0v) is 14.6. The summed E-state index contributed by atoms with van der Waals surface area (Å²) in [6, 6.07) is 23.1. The molecule has 0 aliphatic rings. The van der Waals surface area contributed by atoms with Crippen LogP contribution >= 0.6 is 0 Å². The largest absolute Gasteiger partial charge is 4.00 e. The zero-order valence-electron chi connectivity index (χ0n) is 13.0. The molecule has 0 saturated carbocycles. The molecule has 0 aromatic heterocycles. The fourth-order valence-corrected chi connectivity index (χ4v) is 1.92. The van der Waals surface area contributed by atoms with E-state index in [-0.39, 0.29) is 36.6 Å². The van der Waals surface area contributed by atoms with Gasteiger partial charge >= 0.3 is 21.7 Å². The van der Waals surface area contributed by atoms with Crippen molar-refractivity contribution in [1.29, 1.82) is 0 Å². The first kappa shape index (κ1) is 21.9. The molecule has 1 heteroatoms. The Hall–Kier alpha value is -1.37. The molecule has 0 atom stereocenters. The number of rotatable bonds is 3. The van der Waals surface area contributed by atoms with Crippen LogP contribution in [0.25, 0.3) is 10.8 Å².